The Morgan fingerprint density at radius 1 is 1.06 bits per heavy atom. The summed E-state index contributed by atoms with van der Waals surface area (Å²) >= 11 is 0. The van der Waals surface area contributed by atoms with Crippen molar-refractivity contribution < 1.29 is 4.79 Å². The number of likely N-dealkylation sites (tertiary alicyclic amines) is 1. The summed E-state index contributed by atoms with van der Waals surface area (Å²) < 4.78 is 0. The molecular weight excluding hydrogens is 446 g/mol. The van der Waals surface area contributed by atoms with Gasteiger partial charge in [0.25, 0.3) is 0 Å². The number of benzene rings is 1. The van der Waals surface area contributed by atoms with Crippen LogP contribution in [0.15, 0.2) is 36.5 Å². The minimum atomic E-state index is -0.801. The molecule has 0 radical (unpaired) electrons. The van der Waals surface area contributed by atoms with Crippen molar-refractivity contribution in [2.75, 3.05) is 25.0 Å². The first-order chi connectivity index (χ1) is 17.6. The highest BCUT2D eigenvalue weighted by atomic mass is 16.2. The Morgan fingerprint density at radius 2 is 1.78 bits per heavy atom. The second-order valence-corrected chi connectivity index (χ2v) is 11.5. The highest BCUT2D eigenvalue weighted by Crippen LogP contribution is 2.31. The largest absolute Gasteiger partial charge is 0.358 e. The summed E-state index contributed by atoms with van der Waals surface area (Å²) in [7, 11) is 0. The zero-order valence-electron chi connectivity index (χ0n) is 21.6. The molecule has 0 spiro atoms. The maximum absolute atomic E-state index is 13.8. The molecule has 1 aromatic heterocycles. The number of carbonyl (C=O) groups excluding carboxylic acids is 1. The first-order valence-electron chi connectivity index (χ1n) is 14.2. The fraction of sp³-hybridized carbons (Fsp3) is 0.633. The lowest BCUT2D eigenvalue weighted by Crippen LogP contribution is -2.54. The molecule has 0 bridgehead atoms. The Bertz CT molecular complexity index is 1060. The van der Waals surface area contributed by atoms with E-state index in [1.807, 2.05) is 18.2 Å². The first kappa shape index (κ1) is 25.0. The van der Waals surface area contributed by atoms with Crippen molar-refractivity contribution in [3.05, 3.63) is 36.5 Å². The van der Waals surface area contributed by atoms with Crippen LogP contribution in [0.3, 0.4) is 0 Å². The van der Waals surface area contributed by atoms with E-state index in [-0.39, 0.29) is 5.91 Å². The highest BCUT2D eigenvalue weighted by Gasteiger charge is 2.42. The van der Waals surface area contributed by atoms with Crippen molar-refractivity contribution in [2.45, 2.75) is 88.6 Å². The number of hydrogen-bond acceptors (Lipinski definition) is 5. The molecule has 5 rings (SSSR count). The number of anilines is 1. The van der Waals surface area contributed by atoms with E-state index in [0.29, 0.717) is 18.9 Å². The van der Waals surface area contributed by atoms with Crippen LogP contribution in [-0.4, -0.2) is 47.0 Å². The van der Waals surface area contributed by atoms with Gasteiger partial charge in [-0.2, -0.15) is 5.26 Å². The van der Waals surface area contributed by atoms with Crippen molar-refractivity contribution in [1.82, 2.24) is 15.2 Å². The third-order valence-electron chi connectivity index (χ3n) is 8.76. The van der Waals surface area contributed by atoms with Gasteiger partial charge in [-0.05, 0) is 49.0 Å². The number of amides is 1. The number of nitriles is 1. The average Bonchev–Trinajstić information content (AvgIpc) is 3.32. The summed E-state index contributed by atoms with van der Waals surface area (Å²) in [4.78, 5) is 20.8. The number of fused-ring (bicyclic) bond motifs is 1. The van der Waals surface area contributed by atoms with E-state index in [4.69, 9.17) is 0 Å². The van der Waals surface area contributed by atoms with E-state index in [1.54, 1.807) is 6.20 Å². The van der Waals surface area contributed by atoms with Crippen LogP contribution in [-0.2, 0) is 4.79 Å². The summed E-state index contributed by atoms with van der Waals surface area (Å²) in [6, 6.07) is 12.3. The van der Waals surface area contributed by atoms with Gasteiger partial charge in [0, 0.05) is 31.2 Å². The molecule has 6 heteroatoms. The number of nitrogens with zero attached hydrogens (tertiary/aromatic N) is 3. The third-order valence-corrected chi connectivity index (χ3v) is 8.76. The Kier molecular flexibility index (Phi) is 8.06. The molecule has 2 saturated carbocycles. The quantitative estimate of drug-likeness (QED) is 0.503. The first-order valence-corrected chi connectivity index (χ1v) is 14.2. The fourth-order valence-electron chi connectivity index (χ4n) is 6.71. The van der Waals surface area contributed by atoms with Gasteiger partial charge in [0.1, 0.15) is 17.4 Å². The van der Waals surface area contributed by atoms with Crippen LogP contribution in [0.5, 0.6) is 0 Å². The monoisotopic (exact) mass is 487 g/mol. The van der Waals surface area contributed by atoms with E-state index in [0.717, 1.165) is 42.0 Å². The Morgan fingerprint density at radius 3 is 2.53 bits per heavy atom. The van der Waals surface area contributed by atoms with Gasteiger partial charge in [-0.1, -0.05) is 75.6 Å². The molecule has 6 nitrogen and oxygen atoms in total. The van der Waals surface area contributed by atoms with Crippen LogP contribution in [0.25, 0.3) is 10.8 Å². The average molecular weight is 488 g/mol. The van der Waals surface area contributed by atoms with Gasteiger partial charge in [-0.3, -0.25) is 9.69 Å². The predicted molar refractivity (Wildman–Crippen MR) is 144 cm³/mol. The summed E-state index contributed by atoms with van der Waals surface area (Å²) in [6.45, 7) is 2.58. The van der Waals surface area contributed by atoms with E-state index in [1.165, 1.54) is 64.2 Å². The van der Waals surface area contributed by atoms with Gasteiger partial charge in [-0.15, -0.1) is 0 Å². The fourth-order valence-corrected chi connectivity index (χ4v) is 6.71. The summed E-state index contributed by atoms with van der Waals surface area (Å²) in [5.74, 6) is 1.96. The molecule has 192 valence electrons. The molecule has 2 atom stereocenters. The van der Waals surface area contributed by atoms with Crippen LogP contribution in [0.2, 0.25) is 0 Å². The summed E-state index contributed by atoms with van der Waals surface area (Å²) in [5.41, 5.74) is -0.801. The predicted octanol–water partition coefficient (Wildman–Crippen LogP) is 5.65. The van der Waals surface area contributed by atoms with Crippen LogP contribution in [0.4, 0.5) is 5.82 Å². The molecule has 2 heterocycles. The smallest absolute Gasteiger partial charge is 0.243 e. The number of pyridine rings is 1. The number of rotatable bonds is 8. The molecular formula is C30H41N5O. The molecule has 2 N–H and O–H groups in total. The molecule has 1 aliphatic heterocycles. The standard InChI is InChI=1S/C30H41N5O/c31-21-30(16-18-35(22-30)20-24-11-5-2-6-12-24)34-29(36)27(19-23-9-3-1-4-10-23)33-28-26-14-8-7-13-25(26)15-17-32-28/h7-8,13-15,17,23-24,27H,1-6,9-12,16,18-20,22H2,(H,32,33)(H,34,36). The van der Waals surface area contributed by atoms with Gasteiger partial charge < -0.3 is 10.6 Å². The van der Waals surface area contributed by atoms with Crippen LogP contribution in [0.1, 0.15) is 77.0 Å². The zero-order valence-corrected chi connectivity index (χ0v) is 21.6. The molecule has 1 amide bonds. The molecule has 36 heavy (non-hydrogen) atoms. The number of carbonyl (C=O) groups is 1. The lowest BCUT2D eigenvalue weighted by Gasteiger charge is -2.31. The SMILES string of the molecule is N#CC1(NC(=O)C(CC2CCCCC2)Nc2nccc3ccccc23)CCN(CC2CCCCC2)C1. The summed E-state index contributed by atoms with van der Waals surface area (Å²) in [5, 5.41) is 19.1. The van der Waals surface area contributed by atoms with Gasteiger partial charge in [0.15, 0.2) is 0 Å². The van der Waals surface area contributed by atoms with Crippen LogP contribution < -0.4 is 10.6 Å². The van der Waals surface area contributed by atoms with Crippen molar-refractivity contribution in [3.63, 3.8) is 0 Å². The Hall–Kier alpha value is -2.65. The van der Waals surface area contributed by atoms with Crippen molar-refractivity contribution in [3.8, 4) is 6.07 Å². The molecule has 2 aliphatic carbocycles. The number of aromatic nitrogens is 1. The normalized spacial score (nSPS) is 24.9. The summed E-state index contributed by atoms with van der Waals surface area (Å²) in [6.07, 6.45) is 16.0. The number of nitrogens with one attached hydrogen (secondary N) is 2. The minimum absolute atomic E-state index is 0.0589. The molecule has 2 aromatic rings. The minimum Gasteiger partial charge on any atom is -0.358 e. The van der Waals surface area contributed by atoms with Gasteiger partial charge in [0.05, 0.1) is 6.07 Å². The van der Waals surface area contributed by atoms with E-state index in [2.05, 4.69) is 38.7 Å². The van der Waals surface area contributed by atoms with Gasteiger partial charge in [-0.25, -0.2) is 4.98 Å². The van der Waals surface area contributed by atoms with Crippen molar-refractivity contribution >= 4 is 22.5 Å². The molecule has 2 unspecified atom stereocenters. The second-order valence-electron chi connectivity index (χ2n) is 11.5. The molecule has 1 saturated heterocycles. The maximum atomic E-state index is 13.8. The number of hydrogen-bond donors (Lipinski definition) is 2. The lowest BCUT2D eigenvalue weighted by molar-refractivity contribution is -0.123. The molecule has 1 aromatic carbocycles. The third kappa shape index (κ3) is 6.00. The van der Waals surface area contributed by atoms with E-state index >= 15 is 0 Å². The van der Waals surface area contributed by atoms with Gasteiger partial charge in [0.2, 0.25) is 5.91 Å². The van der Waals surface area contributed by atoms with Crippen LogP contribution >= 0.6 is 0 Å². The van der Waals surface area contributed by atoms with Crippen molar-refractivity contribution in [1.29, 1.82) is 5.26 Å². The Balaban J connectivity index is 1.30. The topological polar surface area (TPSA) is 81.0 Å². The zero-order chi connectivity index (χ0) is 24.8. The van der Waals surface area contributed by atoms with Gasteiger partial charge >= 0.3 is 0 Å². The van der Waals surface area contributed by atoms with E-state index < -0.39 is 11.6 Å². The highest BCUT2D eigenvalue weighted by molar-refractivity contribution is 5.94. The Labute approximate surface area is 215 Å². The molecule has 3 aliphatic rings. The molecule has 3 fully saturated rings. The van der Waals surface area contributed by atoms with Crippen molar-refractivity contribution in [2.24, 2.45) is 11.8 Å². The lowest BCUT2D eigenvalue weighted by atomic mass is 9.84. The maximum Gasteiger partial charge on any atom is 0.243 e. The van der Waals surface area contributed by atoms with Crippen LogP contribution in [0, 0.1) is 23.2 Å². The van der Waals surface area contributed by atoms with E-state index in [9.17, 15) is 10.1 Å². The second kappa shape index (κ2) is 11.6.